The van der Waals surface area contributed by atoms with E-state index >= 15 is 0 Å². The smallest absolute Gasteiger partial charge is 0.319 e. The quantitative estimate of drug-likeness (QED) is 0.579. The van der Waals surface area contributed by atoms with Gasteiger partial charge in [-0.2, -0.15) is 0 Å². The molecule has 1 aromatic rings. The van der Waals surface area contributed by atoms with Gasteiger partial charge < -0.3 is 10.1 Å². The summed E-state index contributed by atoms with van der Waals surface area (Å²) in [5.41, 5.74) is 2.06. The molecular weight excluding hydrogens is 216 g/mol. The standard InChI is InChI=1S/C13H20N2O2/c1-3-4-7-17-13(16)10-14-8-12-6-5-11(2)15-9-12/h5-6,9,14H,3-4,7-8,10H2,1-2H3. The van der Waals surface area contributed by atoms with E-state index < -0.39 is 0 Å². The van der Waals surface area contributed by atoms with E-state index in [4.69, 9.17) is 4.74 Å². The molecule has 0 atom stereocenters. The van der Waals surface area contributed by atoms with E-state index in [0.29, 0.717) is 13.2 Å². The minimum Gasteiger partial charge on any atom is -0.465 e. The van der Waals surface area contributed by atoms with Gasteiger partial charge >= 0.3 is 5.97 Å². The lowest BCUT2D eigenvalue weighted by molar-refractivity contribution is -0.142. The maximum atomic E-state index is 11.3. The maximum Gasteiger partial charge on any atom is 0.319 e. The van der Waals surface area contributed by atoms with Crippen molar-refractivity contribution in [3.8, 4) is 0 Å². The van der Waals surface area contributed by atoms with Crippen molar-refractivity contribution in [2.45, 2.75) is 33.2 Å². The van der Waals surface area contributed by atoms with Crippen molar-refractivity contribution in [3.63, 3.8) is 0 Å². The Hall–Kier alpha value is -1.42. The van der Waals surface area contributed by atoms with Crippen LogP contribution in [0.5, 0.6) is 0 Å². The van der Waals surface area contributed by atoms with Crippen LogP contribution in [0.25, 0.3) is 0 Å². The molecule has 0 unspecified atom stereocenters. The van der Waals surface area contributed by atoms with Gasteiger partial charge in [0.1, 0.15) is 0 Å². The number of aromatic nitrogens is 1. The molecule has 0 bridgehead atoms. The van der Waals surface area contributed by atoms with Gasteiger partial charge in [0, 0.05) is 18.4 Å². The van der Waals surface area contributed by atoms with Gasteiger partial charge in [-0.3, -0.25) is 9.78 Å². The molecule has 17 heavy (non-hydrogen) atoms. The molecule has 0 saturated carbocycles. The number of hydrogen-bond donors (Lipinski definition) is 1. The number of unbranched alkanes of at least 4 members (excludes halogenated alkanes) is 1. The number of nitrogens with zero attached hydrogens (tertiary/aromatic N) is 1. The van der Waals surface area contributed by atoms with Gasteiger partial charge in [-0.05, 0) is 25.0 Å². The highest BCUT2D eigenvalue weighted by Gasteiger charge is 2.01. The summed E-state index contributed by atoms with van der Waals surface area (Å²) in [5.74, 6) is -0.196. The van der Waals surface area contributed by atoms with Crippen LogP contribution in [0.2, 0.25) is 0 Å². The van der Waals surface area contributed by atoms with E-state index in [1.54, 1.807) is 0 Å². The van der Waals surface area contributed by atoms with Crippen molar-refractivity contribution in [2.75, 3.05) is 13.2 Å². The molecule has 1 heterocycles. The number of ether oxygens (including phenoxy) is 1. The summed E-state index contributed by atoms with van der Waals surface area (Å²) in [6, 6.07) is 3.95. The Labute approximate surface area is 102 Å². The number of rotatable bonds is 7. The highest BCUT2D eigenvalue weighted by atomic mass is 16.5. The van der Waals surface area contributed by atoms with Crippen LogP contribution < -0.4 is 5.32 Å². The SMILES string of the molecule is CCCCOC(=O)CNCc1ccc(C)nc1. The van der Waals surface area contributed by atoms with Crippen LogP contribution in [0, 0.1) is 6.92 Å². The first-order valence-electron chi connectivity index (χ1n) is 6.00. The second-order valence-corrected chi connectivity index (χ2v) is 3.99. The second-order valence-electron chi connectivity index (χ2n) is 3.99. The highest BCUT2D eigenvalue weighted by Crippen LogP contribution is 1.98. The summed E-state index contributed by atoms with van der Waals surface area (Å²) in [6.07, 6.45) is 3.77. The van der Waals surface area contributed by atoms with E-state index in [1.165, 1.54) is 0 Å². The maximum absolute atomic E-state index is 11.3. The van der Waals surface area contributed by atoms with Crippen LogP contribution >= 0.6 is 0 Å². The average Bonchev–Trinajstić information content (AvgIpc) is 2.32. The van der Waals surface area contributed by atoms with Gasteiger partial charge in [-0.25, -0.2) is 0 Å². The van der Waals surface area contributed by atoms with Crippen molar-refractivity contribution in [1.82, 2.24) is 10.3 Å². The molecule has 0 amide bonds. The number of hydrogen-bond acceptors (Lipinski definition) is 4. The van der Waals surface area contributed by atoms with Crippen LogP contribution in [0.3, 0.4) is 0 Å². The summed E-state index contributed by atoms with van der Waals surface area (Å²) >= 11 is 0. The lowest BCUT2D eigenvalue weighted by atomic mass is 10.2. The van der Waals surface area contributed by atoms with Crippen LogP contribution in [-0.4, -0.2) is 24.1 Å². The topological polar surface area (TPSA) is 51.2 Å². The molecule has 4 nitrogen and oxygen atoms in total. The van der Waals surface area contributed by atoms with Gasteiger partial charge in [-0.1, -0.05) is 19.4 Å². The Morgan fingerprint density at radius 1 is 1.47 bits per heavy atom. The van der Waals surface area contributed by atoms with Crippen LogP contribution in [-0.2, 0) is 16.1 Å². The third-order valence-electron chi connectivity index (χ3n) is 2.33. The number of esters is 1. The largest absolute Gasteiger partial charge is 0.465 e. The molecular formula is C13H20N2O2. The van der Waals surface area contributed by atoms with E-state index in [9.17, 15) is 4.79 Å². The van der Waals surface area contributed by atoms with Crippen LogP contribution in [0.15, 0.2) is 18.3 Å². The molecule has 4 heteroatoms. The molecule has 0 aliphatic carbocycles. The predicted octanol–water partition coefficient (Wildman–Crippen LogP) is 1.82. The van der Waals surface area contributed by atoms with Gasteiger partial charge in [-0.15, -0.1) is 0 Å². The monoisotopic (exact) mass is 236 g/mol. The van der Waals surface area contributed by atoms with Gasteiger partial charge in [0.25, 0.3) is 0 Å². The molecule has 94 valence electrons. The van der Waals surface area contributed by atoms with Gasteiger partial charge in [0.2, 0.25) is 0 Å². The predicted molar refractivity (Wildman–Crippen MR) is 66.5 cm³/mol. The number of carbonyl (C=O) groups is 1. The Morgan fingerprint density at radius 2 is 2.29 bits per heavy atom. The summed E-state index contributed by atoms with van der Waals surface area (Å²) < 4.78 is 5.02. The first kappa shape index (κ1) is 13.6. The second kappa shape index (κ2) is 7.79. The number of carbonyl (C=O) groups excluding carboxylic acids is 1. The fourth-order valence-corrected chi connectivity index (χ4v) is 1.29. The third kappa shape index (κ3) is 6.02. The summed E-state index contributed by atoms with van der Waals surface area (Å²) in [5, 5.41) is 3.03. The van der Waals surface area contributed by atoms with Crippen molar-refractivity contribution in [1.29, 1.82) is 0 Å². The van der Waals surface area contributed by atoms with Crippen LogP contribution in [0.1, 0.15) is 31.0 Å². The molecule has 0 fully saturated rings. The average molecular weight is 236 g/mol. The molecule has 0 aliphatic heterocycles. The molecule has 0 radical (unpaired) electrons. The van der Waals surface area contributed by atoms with Crippen molar-refractivity contribution in [3.05, 3.63) is 29.6 Å². The Balaban J connectivity index is 2.14. The zero-order chi connectivity index (χ0) is 12.5. The number of nitrogens with one attached hydrogen (secondary N) is 1. The molecule has 0 aromatic carbocycles. The highest BCUT2D eigenvalue weighted by molar-refractivity contribution is 5.71. The Morgan fingerprint density at radius 3 is 2.94 bits per heavy atom. The summed E-state index contributed by atoms with van der Waals surface area (Å²) in [7, 11) is 0. The molecule has 0 spiro atoms. The molecule has 1 rings (SSSR count). The number of aryl methyl sites for hydroxylation is 1. The normalized spacial score (nSPS) is 10.2. The van der Waals surface area contributed by atoms with E-state index in [1.807, 2.05) is 25.3 Å². The fourth-order valence-electron chi connectivity index (χ4n) is 1.29. The lowest BCUT2D eigenvalue weighted by Crippen LogP contribution is -2.24. The molecule has 1 N–H and O–H groups in total. The number of pyridine rings is 1. The fraction of sp³-hybridized carbons (Fsp3) is 0.538. The first-order chi connectivity index (χ1) is 8.22. The van der Waals surface area contributed by atoms with Crippen LogP contribution in [0.4, 0.5) is 0 Å². The van der Waals surface area contributed by atoms with E-state index in [-0.39, 0.29) is 12.5 Å². The van der Waals surface area contributed by atoms with Gasteiger partial charge in [0.05, 0.1) is 13.2 Å². The van der Waals surface area contributed by atoms with Crippen molar-refractivity contribution >= 4 is 5.97 Å². The Kier molecular flexibility index (Phi) is 6.25. The van der Waals surface area contributed by atoms with Gasteiger partial charge in [0.15, 0.2) is 0 Å². The van der Waals surface area contributed by atoms with E-state index in [2.05, 4.69) is 17.2 Å². The van der Waals surface area contributed by atoms with Crippen molar-refractivity contribution < 1.29 is 9.53 Å². The zero-order valence-corrected chi connectivity index (χ0v) is 10.5. The lowest BCUT2D eigenvalue weighted by Gasteiger charge is -2.05. The minimum atomic E-state index is -0.196. The minimum absolute atomic E-state index is 0.196. The first-order valence-corrected chi connectivity index (χ1v) is 6.00. The molecule has 1 aromatic heterocycles. The summed E-state index contributed by atoms with van der Waals surface area (Å²) in [6.45, 7) is 5.41. The van der Waals surface area contributed by atoms with E-state index in [0.717, 1.165) is 24.1 Å². The molecule has 0 saturated heterocycles. The van der Waals surface area contributed by atoms with Crippen molar-refractivity contribution in [2.24, 2.45) is 0 Å². The Bertz CT molecular complexity index is 336. The zero-order valence-electron chi connectivity index (χ0n) is 10.5. The summed E-state index contributed by atoms with van der Waals surface area (Å²) in [4.78, 5) is 15.4. The third-order valence-corrected chi connectivity index (χ3v) is 2.33. The molecule has 0 aliphatic rings.